The third-order valence-electron chi connectivity index (χ3n) is 4.17. The molecule has 1 aliphatic heterocycles. The normalized spacial score (nSPS) is 20.0. The van der Waals surface area contributed by atoms with Crippen LogP contribution in [-0.2, 0) is 9.53 Å². The minimum absolute atomic E-state index is 0. The molecule has 1 aromatic heterocycles. The van der Waals surface area contributed by atoms with Crippen molar-refractivity contribution in [2.75, 3.05) is 18.0 Å². The molecular formula is C17H23LiN4O3. The average molecular weight is 338 g/mol. The van der Waals surface area contributed by atoms with E-state index in [2.05, 4.69) is 14.9 Å². The maximum absolute atomic E-state index is 12.6. The number of carbonyl (C=O) groups is 1. The van der Waals surface area contributed by atoms with E-state index in [1.165, 1.54) is 6.20 Å². The summed E-state index contributed by atoms with van der Waals surface area (Å²) in [5, 5.41) is 0. The minimum Gasteiger partial charge on any atom is -0.444 e. The molecule has 0 radical (unpaired) electrons. The largest absolute Gasteiger partial charge is 1.00 e. The van der Waals surface area contributed by atoms with Crippen LogP contribution in [0.1, 0.15) is 45.7 Å². The SMILES string of the molecule is CC(C)(C)OC(=O)N(C1CC1)[C@@H]1CCN(c2cnc([C-]=O)cn2)C1.[Li+]. The van der Waals surface area contributed by atoms with Crippen LogP contribution in [0.15, 0.2) is 12.4 Å². The van der Waals surface area contributed by atoms with E-state index in [4.69, 9.17) is 4.74 Å². The quantitative estimate of drug-likeness (QED) is 0.513. The molecule has 2 heterocycles. The molecule has 3 rings (SSSR count). The van der Waals surface area contributed by atoms with Crippen molar-refractivity contribution in [3.63, 3.8) is 0 Å². The Kier molecular flexibility index (Phi) is 6.12. The standard InChI is InChI=1S/C17H23N4O3.Li/c1-17(2,3)24-16(23)21(13-4-5-13)14-6-7-20(10-14)15-9-18-12(11-22)8-19-15;/h8-9,13-14H,4-7,10H2,1-3H3;/q-1;+1/t14-;/m1./s1. The van der Waals surface area contributed by atoms with Gasteiger partial charge in [0.2, 0.25) is 0 Å². The fraction of sp³-hybridized carbons (Fsp3) is 0.647. The number of anilines is 1. The predicted molar refractivity (Wildman–Crippen MR) is 88.5 cm³/mol. The summed E-state index contributed by atoms with van der Waals surface area (Å²) in [5.41, 5.74) is -0.294. The van der Waals surface area contributed by atoms with E-state index >= 15 is 0 Å². The van der Waals surface area contributed by atoms with Gasteiger partial charge in [-0.1, -0.05) is 6.20 Å². The van der Waals surface area contributed by atoms with Gasteiger partial charge >= 0.3 is 25.0 Å². The second-order valence-electron chi connectivity index (χ2n) is 7.37. The molecule has 0 bridgehead atoms. The number of aromatic nitrogens is 2. The van der Waals surface area contributed by atoms with E-state index in [9.17, 15) is 9.59 Å². The number of nitrogens with zero attached hydrogens (tertiary/aromatic N) is 4. The Hall–Kier alpha value is -1.58. The van der Waals surface area contributed by atoms with Gasteiger partial charge in [0.05, 0.1) is 12.2 Å². The van der Waals surface area contributed by atoms with Gasteiger partial charge in [-0.2, -0.15) is 0 Å². The van der Waals surface area contributed by atoms with Crippen LogP contribution in [0.25, 0.3) is 0 Å². The van der Waals surface area contributed by atoms with Gasteiger partial charge in [0.1, 0.15) is 11.4 Å². The smallest absolute Gasteiger partial charge is 0.444 e. The number of rotatable bonds is 4. The number of hydrogen-bond donors (Lipinski definition) is 0. The second-order valence-corrected chi connectivity index (χ2v) is 7.37. The molecule has 0 aromatic carbocycles. The summed E-state index contributed by atoms with van der Waals surface area (Å²) >= 11 is 0. The van der Waals surface area contributed by atoms with Crippen molar-refractivity contribution >= 4 is 18.2 Å². The van der Waals surface area contributed by atoms with E-state index in [0.29, 0.717) is 12.6 Å². The van der Waals surface area contributed by atoms with Crippen molar-refractivity contribution < 1.29 is 33.2 Å². The number of hydrogen-bond acceptors (Lipinski definition) is 6. The summed E-state index contributed by atoms with van der Waals surface area (Å²) in [4.78, 5) is 35.4. The maximum Gasteiger partial charge on any atom is 1.00 e. The third-order valence-corrected chi connectivity index (χ3v) is 4.17. The zero-order valence-corrected chi connectivity index (χ0v) is 15.4. The summed E-state index contributed by atoms with van der Waals surface area (Å²) in [7, 11) is 0. The molecule has 25 heavy (non-hydrogen) atoms. The van der Waals surface area contributed by atoms with Crippen LogP contribution in [0.5, 0.6) is 0 Å². The Labute approximate surface area is 160 Å². The molecule has 1 aliphatic carbocycles. The van der Waals surface area contributed by atoms with Crippen molar-refractivity contribution in [3.05, 3.63) is 18.1 Å². The van der Waals surface area contributed by atoms with E-state index in [-0.39, 0.29) is 36.7 Å². The molecule has 1 amide bonds. The summed E-state index contributed by atoms with van der Waals surface area (Å²) < 4.78 is 5.58. The molecule has 1 saturated carbocycles. The van der Waals surface area contributed by atoms with Crippen molar-refractivity contribution in [3.8, 4) is 0 Å². The van der Waals surface area contributed by atoms with Crippen LogP contribution >= 0.6 is 0 Å². The van der Waals surface area contributed by atoms with Gasteiger partial charge in [-0.25, -0.2) is 4.79 Å². The molecule has 1 atom stereocenters. The summed E-state index contributed by atoms with van der Waals surface area (Å²) in [6.45, 7) is 7.17. The third kappa shape index (κ3) is 4.96. The predicted octanol–water partition coefficient (Wildman–Crippen LogP) is -1.08. The first kappa shape index (κ1) is 19.7. The zero-order valence-electron chi connectivity index (χ0n) is 15.4. The first-order valence-electron chi connectivity index (χ1n) is 8.34. The van der Waals surface area contributed by atoms with Gasteiger partial charge in [-0.15, -0.1) is 0 Å². The maximum atomic E-state index is 12.6. The summed E-state index contributed by atoms with van der Waals surface area (Å²) in [6.07, 6.45) is 7.45. The van der Waals surface area contributed by atoms with Crippen molar-refractivity contribution in [2.24, 2.45) is 0 Å². The number of amides is 1. The Morgan fingerprint density at radius 2 is 1.96 bits per heavy atom. The van der Waals surface area contributed by atoms with Crippen molar-refractivity contribution in [1.29, 1.82) is 0 Å². The monoisotopic (exact) mass is 338 g/mol. The number of carbonyl (C=O) groups excluding carboxylic acids is 2. The van der Waals surface area contributed by atoms with Crippen molar-refractivity contribution in [2.45, 2.75) is 57.7 Å². The molecule has 8 heteroatoms. The van der Waals surface area contributed by atoms with E-state index in [1.807, 2.05) is 25.7 Å². The number of ether oxygens (including phenoxy) is 1. The van der Waals surface area contributed by atoms with Gasteiger partial charge in [0.15, 0.2) is 0 Å². The van der Waals surface area contributed by atoms with Gasteiger partial charge in [-0.3, -0.25) is 4.98 Å². The molecule has 1 saturated heterocycles. The Balaban J connectivity index is 0.00000225. The van der Waals surface area contributed by atoms with Crippen LogP contribution in [0.3, 0.4) is 0 Å². The molecular weight excluding hydrogens is 315 g/mol. The van der Waals surface area contributed by atoms with Gasteiger partial charge in [-0.05, 0) is 45.7 Å². The van der Waals surface area contributed by atoms with Crippen LogP contribution in [0.2, 0.25) is 0 Å². The summed E-state index contributed by atoms with van der Waals surface area (Å²) in [6, 6.07) is 0.411. The molecule has 7 nitrogen and oxygen atoms in total. The molecule has 0 unspecified atom stereocenters. The molecule has 130 valence electrons. The fourth-order valence-corrected chi connectivity index (χ4v) is 2.98. The Morgan fingerprint density at radius 3 is 2.48 bits per heavy atom. The van der Waals surface area contributed by atoms with Gasteiger partial charge in [0, 0.05) is 25.4 Å². The molecule has 0 N–H and O–H groups in total. The van der Waals surface area contributed by atoms with Crippen LogP contribution in [-0.4, -0.2) is 58.0 Å². The topological polar surface area (TPSA) is 75.6 Å². The Morgan fingerprint density at radius 1 is 1.24 bits per heavy atom. The van der Waals surface area contributed by atoms with Gasteiger partial charge < -0.3 is 24.3 Å². The summed E-state index contributed by atoms with van der Waals surface area (Å²) in [5.74, 6) is 0.719. The molecule has 2 fully saturated rings. The van der Waals surface area contributed by atoms with E-state index in [0.717, 1.165) is 31.6 Å². The van der Waals surface area contributed by atoms with E-state index in [1.54, 1.807) is 12.5 Å². The van der Waals surface area contributed by atoms with Crippen LogP contribution in [0, 0.1) is 0 Å². The fourth-order valence-electron chi connectivity index (χ4n) is 2.98. The first-order chi connectivity index (χ1) is 11.4. The van der Waals surface area contributed by atoms with Crippen LogP contribution < -0.4 is 23.8 Å². The molecule has 1 aromatic rings. The first-order valence-corrected chi connectivity index (χ1v) is 8.34. The second kappa shape index (κ2) is 7.75. The molecule has 2 aliphatic rings. The van der Waals surface area contributed by atoms with Crippen LogP contribution in [0.4, 0.5) is 10.6 Å². The van der Waals surface area contributed by atoms with E-state index < -0.39 is 5.60 Å². The Bertz CT molecular complexity index is 613. The van der Waals surface area contributed by atoms with Gasteiger partial charge in [0.25, 0.3) is 0 Å². The molecule has 0 spiro atoms. The average Bonchev–Trinajstić information content (AvgIpc) is 3.22. The van der Waals surface area contributed by atoms with Crippen molar-refractivity contribution in [1.82, 2.24) is 14.9 Å². The zero-order chi connectivity index (χ0) is 17.3. The minimum atomic E-state index is -0.491.